The van der Waals surface area contributed by atoms with Gasteiger partial charge in [0.15, 0.2) is 0 Å². The van der Waals surface area contributed by atoms with Crippen LogP contribution in [0.2, 0.25) is 0 Å². The Kier molecular flexibility index (Phi) is 4.50. The van der Waals surface area contributed by atoms with Crippen molar-refractivity contribution < 1.29 is 14.7 Å². The minimum atomic E-state index is -1.07. The molecule has 0 atom stereocenters. The number of nitrogens with zero attached hydrogens (tertiary/aromatic N) is 2. The van der Waals surface area contributed by atoms with Gasteiger partial charge in [-0.15, -0.1) is 11.3 Å². The number of ketones is 1. The van der Waals surface area contributed by atoms with Crippen molar-refractivity contribution >= 4 is 33.3 Å². The highest BCUT2D eigenvalue weighted by Gasteiger charge is 2.21. The first-order valence-electron chi connectivity index (χ1n) is 7.72. The number of aryl methyl sites for hydroxylation is 1. The fourth-order valence-corrected chi connectivity index (χ4v) is 3.72. The number of carboxylic acid groups (broad SMARTS) is 1. The van der Waals surface area contributed by atoms with Crippen LogP contribution < -0.4 is 5.56 Å². The molecule has 0 aliphatic heterocycles. The lowest BCUT2D eigenvalue weighted by atomic mass is 10.1. The zero-order valence-corrected chi connectivity index (χ0v) is 14.6. The zero-order chi connectivity index (χ0) is 18.1. The topological polar surface area (TPSA) is 89.3 Å². The minimum absolute atomic E-state index is 0.0284. The summed E-state index contributed by atoms with van der Waals surface area (Å²) in [5.74, 6) is -0.659. The van der Waals surface area contributed by atoms with Crippen LogP contribution in [0.1, 0.15) is 28.6 Å². The number of hydrogen-bond donors (Lipinski definition) is 1. The summed E-state index contributed by atoms with van der Waals surface area (Å²) in [4.78, 5) is 40.9. The number of carbonyl (C=O) groups is 2. The molecule has 1 aromatic carbocycles. The molecule has 0 unspecified atom stereocenters. The molecule has 128 valence electrons. The molecule has 2 aromatic heterocycles. The second kappa shape index (κ2) is 6.60. The van der Waals surface area contributed by atoms with Crippen LogP contribution in [0.3, 0.4) is 0 Å². The Hall–Kier alpha value is -2.80. The first kappa shape index (κ1) is 17.0. The summed E-state index contributed by atoms with van der Waals surface area (Å²) in [6, 6.07) is 9.19. The summed E-state index contributed by atoms with van der Waals surface area (Å²) in [5.41, 5.74) is 0.848. The summed E-state index contributed by atoms with van der Waals surface area (Å²) in [6.07, 6.45) is 0.210. The van der Waals surface area contributed by atoms with E-state index < -0.39 is 5.97 Å². The first-order chi connectivity index (χ1) is 11.9. The van der Waals surface area contributed by atoms with Crippen LogP contribution in [0, 0.1) is 6.92 Å². The molecule has 0 aliphatic rings. The number of thiophene rings is 1. The van der Waals surface area contributed by atoms with Gasteiger partial charge >= 0.3 is 5.97 Å². The molecule has 3 aromatic rings. The molecule has 7 heteroatoms. The average Bonchev–Trinajstić information content (AvgIpc) is 2.91. The van der Waals surface area contributed by atoms with E-state index in [9.17, 15) is 19.5 Å². The van der Waals surface area contributed by atoms with Crippen LogP contribution in [0.5, 0.6) is 0 Å². The number of carbonyl (C=O) groups excluding carboxylic acids is 1. The highest BCUT2D eigenvalue weighted by Crippen LogP contribution is 2.29. The van der Waals surface area contributed by atoms with Crippen molar-refractivity contribution in [3.8, 4) is 11.4 Å². The lowest BCUT2D eigenvalue weighted by molar-refractivity contribution is -0.117. The van der Waals surface area contributed by atoms with Crippen LogP contribution in [0.15, 0.2) is 35.1 Å². The number of aromatic nitrogens is 2. The fraction of sp³-hybridized carbons (Fsp3) is 0.222. The number of fused-ring (bicyclic) bond motifs is 1. The van der Waals surface area contributed by atoms with Crippen LogP contribution in [-0.2, 0) is 11.3 Å². The van der Waals surface area contributed by atoms with Gasteiger partial charge in [0.05, 0.1) is 5.39 Å². The molecule has 0 spiro atoms. The Bertz CT molecular complexity index is 1030. The quantitative estimate of drug-likeness (QED) is 0.759. The summed E-state index contributed by atoms with van der Waals surface area (Å²) in [5, 5.41) is 9.63. The maximum Gasteiger partial charge on any atom is 0.346 e. The Balaban J connectivity index is 2.33. The average molecular weight is 356 g/mol. The van der Waals surface area contributed by atoms with Gasteiger partial charge in [-0.3, -0.25) is 14.2 Å². The van der Waals surface area contributed by atoms with Crippen molar-refractivity contribution in [1.29, 1.82) is 0 Å². The van der Waals surface area contributed by atoms with Crippen LogP contribution in [-0.4, -0.2) is 26.4 Å². The number of aromatic carboxylic acids is 1. The standard InChI is InChI=1S/C18H16N2O4S/c1-10(21)8-9-20-15(12-6-4-3-5-7-12)19-16-13(17(20)22)11(2)14(25-16)18(23)24/h3-7H,8-9H2,1-2H3,(H,23,24). The highest BCUT2D eigenvalue weighted by atomic mass is 32.1. The number of carboxylic acids is 1. The Labute approximate surface area is 147 Å². The SMILES string of the molecule is CC(=O)CCn1c(-c2ccccc2)nc2sc(C(=O)O)c(C)c2c1=O. The fourth-order valence-electron chi connectivity index (χ4n) is 2.70. The third kappa shape index (κ3) is 3.10. The van der Waals surface area contributed by atoms with Gasteiger partial charge in [0.2, 0.25) is 0 Å². The van der Waals surface area contributed by atoms with E-state index in [0.717, 1.165) is 16.9 Å². The molecule has 0 radical (unpaired) electrons. The Morgan fingerprint density at radius 2 is 1.92 bits per heavy atom. The molecular formula is C18H16N2O4S. The molecule has 6 nitrogen and oxygen atoms in total. The molecule has 0 amide bonds. The number of rotatable bonds is 5. The maximum atomic E-state index is 13.0. The van der Waals surface area contributed by atoms with Crippen LogP contribution >= 0.6 is 11.3 Å². The largest absolute Gasteiger partial charge is 0.477 e. The van der Waals surface area contributed by atoms with Gasteiger partial charge < -0.3 is 5.11 Å². The molecular weight excluding hydrogens is 340 g/mol. The van der Waals surface area contributed by atoms with E-state index in [1.165, 1.54) is 11.5 Å². The molecule has 2 heterocycles. The monoisotopic (exact) mass is 356 g/mol. The molecule has 1 N–H and O–H groups in total. The van der Waals surface area contributed by atoms with E-state index >= 15 is 0 Å². The molecule has 0 aliphatic carbocycles. The van der Waals surface area contributed by atoms with Gasteiger partial charge in [0, 0.05) is 18.5 Å². The second-order valence-corrected chi connectivity index (χ2v) is 6.75. The van der Waals surface area contributed by atoms with Crippen molar-refractivity contribution in [3.63, 3.8) is 0 Å². The molecule has 0 saturated heterocycles. The predicted octanol–water partition coefficient (Wildman–Crippen LogP) is 3.11. The first-order valence-corrected chi connectivity index (χ1v) is 8.54. The third-order valence-corrected chi connectivity index (χ3v) is 5.14. The van der Waals surface area contributed by atoms with Gasteiger partial charge in [-0.25, -0.2) is 9.78 Å². The maximum absolute atomic E-state index is 13.0. The van der Waals surface area contributed by atoms with Gasteiger partial charge in [-0.05, 0) is 19.4 Å². The van der Waals surface area contributed by atoms with E-state index in [4.69, 9.17) is 0 Å². The molecule has 0 fully saturated rings. The number of Topliss-reactive ketones (excluding diaryl/α,β-unsaturated/α-hetero) is 1. The van der Waals surface area contributed by atoms with E-state index in [0.29, 0.717) is 21.6 Å². The highest BCUT2D eigenvalue weighted by molar-refractivity contribution is 7.20. The smallest absolute Gasteiger partial charge is 0.346 e. The summed E-state index contributed by atoms with van der Waals surface area (Å²) in [7, 11) is 0. The van der Waals surface area contributed by atoms with E-state index in [2.05, 4.69) is 4.98 Å². The second-order valence-electron chi connectivity index (χ2n) is 5.75. The number of benzene rings is 1. The van der Waals surface area contributed by atoms with Gasteiger partial charge in [0.25, 0.3) is 5.56 Å². The molecule has 0 bridgehead atoms. The lowest BCUT2D eigenvalue weighted by Crippen LogP contribution is -2.24. The van der Waals surface area contributed by atoms with E-state index in [-0.39, 0.29) is 29.2 Å². The molecule has 25 heavy (non-hydrogen) atoms. The van der Waals surface area contributed by atoms with Crippen molar-refractivity contribution in [2.24, 2.45) is 0 Å². The minimum Gasteiger partial charge on any atom is -0.477 e. The summed E-state index contributed by atoms with van der Waals surface area (Å²) < 4.78 is 1.46. The lowest BCUT2D eigenvalue weighted by Gasteiger charge is -2.12. The normalized spacial score (nSPS) is 11.0. The van der Waals surface area contributed by atoms with Gasteiger partial charge in [0.1, 0.15) is 21.3 Å². The van der Waals surface area contributed by atoms with Crippen molar-refractivity contribution in [3.05, 3.63) is 51.1 Å². The van der Waals surface area contributed by atoms with Crippen molar-refractivity contribution in [2.75, 3.05) is 0 Å². The van der Waals surface area contributed by atoms with Crippen LogP contribution in [0.4, 0.5) is 0 Å². The molecule has 3 rings (SSSR count). The van der Waals surface area contributed by atoms with Gasteiger partial charge in [-0.2, -0.15) is 0 Å². The Morgan fingerprint density at radius 3 is 2.52 bits per heavy atom. The summed E-state index contributed by atoms with van der Waals surface area (Å²) >= 11 is 0.997. The predicted molar refractivity (Wildman–Crippen MR) is 96.3 cm³/mol. The molecule has 0 saturated carbocycles. The van der Waals surface area contributed by atoms with Crippen molar-refractivity contribution in [1.82, 2.24) is 9.55 Å². The number of hydrogen-bond acceptors (Lipinski definition) is 5. The summed E-state index contributed by atoms with van der Waals surface area (Å²) in [6.45, 7) is 3.29. The van der Waals surface area contributed by atoms with Gasteiger partial charge in [-0.1, -0.05) is 30.3 Å². The van der Waals surface area contributed by atoms with E-state index in [1.807, 2.05) is 30.3 Å². The van der Waals surface area contributed by atoms with E-state index in [1.54, 1.807) is 6.92 Å². The van der Waals surface area contributed by atoms with Crippen molar-refractivity contribution in [2.45, 2.75) is 26.8 Å². The third-order valence-electron chi connectivity index (χ3n) is 3.96. The van der Waals surface area contributed by atoms with Crippen LogP contribution in [0.25, 0.3) is 21.6 Å². The zero-order valence-electron chi connectivity index (χ0n) is 13.8. The Morgan fingerprint density at radius 1 is 1.24 bits per heavy atom.